The fourth-order valence-electron chi connectivity index (χ4n) is 11.4. The topological polar surface area (TPSA) is 273 Å². The number of carboxylic acids is 2. The zero-order valence-electron chi connectivity index (χ0n) is 32.8. The van der Waals surface area contributed by atoms with Crippen molar-refractivity contribution < 1.29 is 76.1 Å². The average Bonchev–Trinajstić information content (AvgIpc) is 3.27. The number of aliphatic hydroxyl groups excluding tert-OH is 2. The zero-order valence-corrected chi connectivity index (χ0v) is 33.6. The minimum atomic E-state index is -5.30. The number of amides is 1. The summed E-state index contributed by atoms with van der Waals surface area (Å²) in [5.74, 6) is -6.31. The minimum Gasteiger partial charge on any atom is -0.480 e. The van der Waals surface area contributed by atoms with E-state index in [0.29, 0.717) is 6.42 Å². The molecule has 4 saturated carbocycles. The Labute approximate surface area is 337 Å². The van der Waals surface area contributed by atoms with Crippen LogP contribution in [0.15, 0.2) is 42.5 Å². The summed E-state index contributed by atoms with van der Waals surface area (Å²) in [6, 6.07) is 7.30. The number of carbonyl (C=O) groups excluding carboxylic acids is 2. The van der Waals surface area contributed by atoms with Gasteiger partial charge in [-0.2, -0.15) is 8.42 Å². The third-order valence-electron chi connectivity index (χ3n) is 13.7. The van der Waals surface area contributed by atoms with E-state index in [9.17, 15) is 57.7 Å². The minimum absolute atomic E-state index is 0.0345. The van der Waals surface area contributed by atoms with Crippen molar-refractivity contribution in [3.63, 3.8) is 0 Å². The van der Waals surface area contributed by atoms with Crippen molar-refractivity contribution in [1.82, 2.24) is 5.32 Å². The van der Waals surface area contributed by atoms with Gasteiger partial charge in [0.25, 0.3) is 0 Å². The molecule has 0 aromatic heterocycles. The van der Waals surface area contributed by atoms with Crippen molar-refractivity contribution in [3.8, 4) is 0 Å². The van der Waals surface area contributed by atoms with Gasteiger partial charge in [-0.05, 0) is 79.3 Å². The second-order valence-corrected chi connectivity index (χ2v) is 18.7. The Balaban J connectivity index is 1.39. The molecule has 5 aliphatic rings. The number of carboxylic acid groups (broad SMARTS) is 2. The van der Waals surface area contributed by atoms with Crippen LogP contribution in [0, 0.1) is 34.0 Å². The number of hydrogen-bond acceptors (Lipinski definition) is 13. The molecule has 1 heterocycles. The summed E-state index contributed by atoms with van der Waals surface area (Å²) < 4.78 is 57.5. The molecule has 1 aromatic rings. The van der Waals surface area contributed by atoms with Crippen molar-refractivity contribution in [2.45, 2.75) is 133 Å². The van der Waals surface area contributed by atoms with E-state index in [-0.39, 0.29) is 62.9 Å². The maximum Gasteiger partial charge on any atom is 0.397 e. The predicted molar refractivity (Wildman–Crippen MR) is 201 cm³/mol. The lowest BCUT2D eigenvalue weighted by Crippen LogP contribution is -2.68. The van der Waals surface area contributed by atoms with Gasteiger partial charge >= 0.3 is 28.3 Å². The lowest BCUT2D eigenvalue weighted by atomic mass is 9.40. The lowest BCUT2D eigenvalue weighted by Gasteiger charge is -2.64. The molecule has 58 heavy (non-hydrogen) atoms. The highest BCUT2D eigenvalue weighted by Gasteiger charge is 2.74. The van der Waals surface area contributed by atoms with Crippen LogP contribution in [0.1, 0.15) is 84.1 Å². The second kappa shape index (κ2) is 16.2. The summed E-state index contributed by atoms with van der Waals surface area (Å²) in [5, 5.41) is 57.9. The van der Waals surface area contributed by atoms with Gasteiger partial charge in [-0.1, -0.05) is 57.7 Å². The first-order valence-electron chi connectivity index (χ1n) is 19.8. The Morgan fingerprint density at radius 3 is 2.28 bits per heavy atom. The van der Waals surface area contributed by atoms with Gasteiger partial charge in [0, 0.05) is 24.7 Å². The monoisotopic (exact) mass is 837 g/mol. The number of aliphatic carboxylic acids is 2. The van der Waals surface area contributed by atoms with Gasteiger partial charge in [-0.3, -0.25) is 23.7 Å². The number of aliphatic hydroxyl groups is 3. The van der Waals surface area contributed by atoms with Crippen molar-refractivity contribution in [2.24, 2.45) is 34.0 Å². The summed E-state index contributed by atoms with van der Waals surface area (Å²) >= 11 is 0. The van der Waals surface area contributed by atoms with Crippen LogP contribution in [0.4, 0.5) is 0 Å². The summed E-state index contributed by atoms with van der Waals surface area (Å²) in [4.78, 5) is 53.6. The third kappa shape index (κ3) is 7.93. The molecular weight excluding hydrogens is 782 g/mol. The normalized spacial score (nSPS) is 38.0. The molecule has 1 spiro atoms. The Kier molecular flexibility index (Phi) is 12.3. The van der Waals surface area contributed by atoms with E-state index in [4.69, 9.17) is 18.4 Å². The molecule has 6 rings (SSSR count). The number of benzene rings is 1. The molecule has 322 valence electrons. The Morgan fingerprint density at radius 2 is 1.67 bits per heavy atom. The van der Waals surface area contributed by atoms with Crippen molar-refractivity contribution >= 4 is 34.2 Å². The first-order valence-corrected chi connectivity index (χ1v) is 21.1. The summed E-state index contributed by atoms with van der Waals surface area (Å²) in [6.07, 6.45) is -9.04. The SMILES string of the molecule is C=C1[C@H](O)[C@@]23CC[C@@H]4C(C(=O)O)(C(=O)O)C[C@@H](O[C@@H]5O[C@H](CO)[C@@H](OS(=O)(=O)O)[C@H](OC(=O)CCc6ccccc6)[C@H]5NC(=O)CC(C)C)C[C@@]4(C)[C@@H]2CC[C@]1(O)C3. The van der Waals surface area contributed by atoms with Crippen LogP contribution in [-0.4, -0.2) is 117 Å². The Hall–Kier alpha value is -3.49. The largest absolute Gasteiger partial charge is 0.480 e. The van der Waals surface area contributed by atoms with Gasteiger partial charge in [-0.15, -0.1) is 0 Å². The smallest absolute Gasteiger partial charge is 0.397 e. The molecule has 17 nitrogen and oxygen atoms in total. The van der Waals surface area contributed by atoms with E-state index in [1.165, 1.54) is 0 Å². The van der Waals surface area contributed by atoms with E-state index in [0.717, 1.165) is 5.56 Å². The van der Waals surface area contributed by atoms with E-state index in [1.807, 2.05) is 0 Å². The molecule has 12 atom stereocenters. The number of esters is 1. The van der Waals surface area contributed by atoms with Crippen LogP contribution in [-0.2, 0) is 54.4 Å². The van der Waals surface area contributed by atoms with Crippen LogP contribution < -0.4 is 5.32 Å². The standard InChI is InChI=1S/C40H55NO16S/c1-21(2)16-28(43)41-30-32(56-29(44)11-10-23-8-6-5-7-9-23)31(57-58(51,52)53)25(19-42)55-34(30)54-24-17-37(4)26-13-15-39(50)20-38(26,33(45)22(39)3)14-12-27(37)40(18-24,35(46)47)36(48)49/h5-9,21,24-27,30-34,42,45,50H,3,10-20H2,1-2,4H3,(H,41,43)(H,46,47)(H,48,49)(H,51,52,53)/t24-,25+,26-,27-,30+,31+,32+,33-,34+,37-,38+,39-/m0/s1. The molecule has 0 unspecified atom stereocenters. The quantitative estimate of drug-likeness (QED) is 0.0465. The van der Waals surface area contributed by atoms with Gasteiger partial charge in [0.1, 0.15) is 18.2 Å². The van der Waals surface area contributed by atoms with Gasteiger partial charge in [0.2, 0.25) is 5.91 Å². The highest BCUT2D eigenvalue weighted by Crippen LogP contribution is 2.73. The third-order valence-corrected chi connectivity index (χ3v) is 14.2. The fraction of sp³-hybridized carbons (Fsp3) is 0.700. The number of rotatable bonds is 14. The Morgan fingerprint density at radius 1 is 1.02 bits per heavy atom. The molecule has 18 heteroatoms. The molecule has 1 amide bonds. The molecule has 1 aromatic carbocycles. The molecule has 0 radical (unpaired) electrons. The first kappa shape index (κ1) is 44.1. The van der Waals surface area contributed by atoms with Crippen LogP contribution >= 0.6 is 0 Å². The molecule has 7 N–H and O–H groups in total. The van der Waals surface area contributed by atoms with E-state index >= 15 is 0 Å². The summed E-state index contributed by atoms with van der Waals surface area (Å²) in [7, 11) is -5.30. The number of hydrogen-bond donors (Lipinski definition) is 7. The number of carbonyl (C=O) groups is 4. The maximum absolute atomic E-state index is 13.5. The fourth-order valence-corrected chi connectivity index (χ4v) is 11.9. The number of fused-ring (bicyclic) bond motifs is 3. The van der Waals surface area contributed by atoms with Crippen molar-refractivity contribution in [2.75, 3.05) is 6.61 Å². The number of aryl methyl sites for hydroxylation is 1. The van der Waals surface area contributed by atoms with Crippen molar-refractivity contribution in [3.05, 3.63) is 48.0 Å². The van der Waals surface area contributed by atoms with Crippen LogP contribution in [0.3, 0.4) is 0 Å². The van der Waals surface area contributed by atoms with Gasteiger partial charge in [-0.25, -0.2) is 4.18 Å². The number of nitrogens with one attached hydrogen (secondary N) is 1. The summed E-state index contributed by atoms with van der Waals surface area (Å²) in [5.41, 5.74) is -4.73. The van der Waals surface area contributed by atoms with Crippen LogP contribution in [0.5, 0.6) is 0 Å². The zero-order chi connectivity index (χ0) is 42.6. The molecular formula is C40H55NO16S. The van der Waals surface area contributed by atoms with Crippen LogP contribution in [0.2, 0.25) is 0 Å². The second-order valence-electron chi connectivity index (χ2n) is 17.7. The highest BCUT2D eigenvalue weighted by molar-refractivity contribution is 7.80. The van der Waals surface area contributed by atoms with E-state index < -0.39 is 124 Å². The first-order chi connectivity index (χ1) is 27.1. The van der Waals surface area contributed by atoms with Crippen LogP contribution in [0.25, 0.3) is 0 Å². The van der Waals surface area contributed by atoms with Crippen molar-refractivity contribution in [1.29, 1.82) is 0 Å². The predicted octanol–water partition coefficient (Wildman–Crippen LogP) is 2.17. The van der Waals surface area contributed by atoms with E-state index in [2.05, 4.69) is 11.9 Å². The lowest BCUT2D eigenvalue weighted by molar-refractivity contribution is -0.297. The number of ether oxygens (including phenoxy) is 3. The molecule has 2 bridgehead atoms. The molecule has 1 aliphatic heterocycles. The summed E-state index contributed by atoms with van der Waals surface area (Å²) in [6.45, 7) is 8.33. The molecule has 5 fully saturated rings. The van der Waals surface area contributed by atoms with Gasteiger partial charge in [0.05, 0.1) is 24.4 Å². The highest BCUT2D eigenvalue weighted by atomic mass is 32.3. The molecule has 4 aliphatic carbocycles. The maximum atomic E-state index is 13.5. The Bertz CT molecular complexity index is 1860. The average molecular weight is 838 g/mol. The van der Waals surface area contributed by atoms with Gasteiger partial charge < -0.3 is 45.1 Å². The van der Waals surface area contributed by atoms with E-state index in [1.54, 1.807) is 51.1 Å². The van der Waals surface area contributed by atoms with Gasteiger partial charge in [0.15, 0.2) is 17.8 Å². The molecule has 1 saturated heterocycles.